The maximum absolute atomic E-state index is 5.37. The van der Waals surface area contributed by atoms with E-state index >= 15 is 0 Å². The molecule has 0 unspecified atom stereocenters. The molecule has 6 heteroatoms. The molecule has 0 spiro atoms. The Balaban J connectivity index is 1.59. The molecule has 1 atom stereocenters. The second-order valence-corrected chi connectivity index (χ2v) is 5.10. The van der Waals surface area contributed by atoms with E-state index in [0.29, 0.717) is 12.3 Å². The summed E-state index contributed by atoms with van der Waals surface area (Å²) in [5, 5.41) is 15.8. The average Bonchev–Trinajstić information content (AvgIpc) is 3.19. The van der Waals surface area contributed by atoms with Crippen molar-refractivity contribution >= 4 is 10.9 Å². The first-order chi connectivity index (χ1) is 9.90. The van der Waals surface area contributed by atoms with Gasteiger partial charge in [-0.1, -0.05) is 18.2 Å². The molecule has 1 fully saturated rings. The van der Waals surface area contributed by atoms with Crippen LogP contribution in [0, 0.1) is 0 Å². The van der Waals surface area contributed by atoms with Gasteiger partial charge in [0.2, 0.25) is 0 Å². The summed E-state index contributed by atoms with van der Waals surface area (Å²) in [6.45, 7) is 1.53. The maximum atomic E-state index is 5.37. The normalized spacial score (nSPS) is 18.9. The summed E-state index contributed by atoms with van der Waals surface area (Å²) in [4.78, 5) is 4.58. The Kier molecular flexibility index (Phi) is 2.74. The quantitative estimate of drug-likeness (QED) is 0.759. The van der Waals surface area contributed by atoms with Gasteiger partial charge in [-0.3, -0.25) is 10.2 Å². The van der Waals surface area contributed by atoms with Crippen molar-refractivity contribution in [3.63, 3.8) is 0 Å². The number of hydrogen-bond acceptors (Lipinski definition) is 4. The Morgan fingerprint density at radius 2 is 2.15 bits per heavy atom. The van der Waals surface area contributed by atoms with Gasteiger partial charge in [-0.15, -0.1) is 0 Å². The highest BCUT2D eigenvalue weighted by atomic mass is 16.5. The lowest BCUT2D eigenvalue weighted by molar-refractivity contribution is 0.193. The number of rotatable bonds is 3. The van der Waals surface area contributed by atoms with Crippen molar-refractivity contribution in [2.75, 3.05) is 13.2 Å². The van der Waals surface area contributed by atoms with Crippen LogP contribution >= 0.6 is 0 Å². The third-order valence-electron chi connectivity index (χ3n) is 3.73. The van der Waals surface area contributed by atoms with Gasteiger partial charge >= 0.3 is 0 Å². The Hall–Kier alpha value is -2.21. The molecule has 0 amide bonds. The van der Waals surface area contributed by atoms with Crippen LogP contribution in [0.3, 0.4) is 0 Å². The van der Waals surface area contributed by atoms with Crippen LogP contribution < -0.4 is 0 Å². The number of H-pyrrole nitrogens is 2. The fourth-order valence-corrected chi connectivity index (χ4v) is 2.63. The van der Waals surface area contributed by atoms with Gasteiger partial charge in [0.1, 0.15) is 5.82 Å². The molecule has 3 heterocycles. The molecule has 0 aliphatic carbocycles. The zero-order chi connectivity index (χ0) is 13.4. The number of nitrogens with zero attached hydrogens (tertiary/aromatic N) is 3. The molecular formula is C14H15N5O. The molecule has 1 saturated heterocycles. The first kappa shape index (κ1) is 11.6. The molecule has 102 valence electrons. The van der Waals surface area contributed by atoms with E-state index < -0.39 is 0 Å². The number of aromatic amines is 2. The van der Waals surface area contributed by atoms with Crippen LogP contribution in [0.25, 0.3) is 10.9 Å². The lowest BCUT2D eigenvalue weighted by Crippen LogP contribution is -2.00. The molecule has 0 bridgehead atoms. The lowest BCUT2D eigenvalue weighted by Gasteiger charge is -1.99. The highest BCUT2D eigenvalue weighted by Gasteiger charge is 2.22. The Morgan fingerprint density at radius 1 is 1.20 bits per heavy atom. The van der Waals surface area contributed by atoms with E-state index in [4.69, 9.17) is 4.74 Å². The molecule has 0 radical (unpaired) electrons. The molecule has 20 heavy (non-hydrogen) atoms. The van der Waals surface area contributed by atoms with Gasteiger partial charge in [0.25, 0.3) is 0 Å². The Morgan fingerprint density at radius 3 is 3.05 bits per heavy atom. The Labute approximate surface area is 115 Å². The number of nitrogens with one attached hydrogen (secondary N) is 2. The summed E-state index contributed by atoms with van der Waals surface area (Å²) in [6.07, 6.45) is 1.69. The van der Waals surface area contributed by atoms with Crippen LogP contribution in [0.2, 0.25) is 0 Å². The average molecular weight is 269 g/mol. The summed E-state index contributed by atoms with van der Waals surface area (Å²) in [5.41, 5.74) is 2.04. The smallest absolute Gasteiger partial charge is 0.156 e. The van der Waals surface area contributed by atoms with E-state index in [-0.39, 0.29) is 0 Å². The second-order valence-electron chi connectivity index (χ2n) is 5.10. The minimum absolute atomic E-state index is 0.332. The molecule has 0 saturated carbocycles. The van der Waals surface area contributed by atoms with Gasteiger partial charge in [-0.05, 0) is 12.5 Å². The van der Waals surface area contributed by atoms with Crippen LogP contribution in [0.1, 0.15) is 29.7 Å². The molecule has 1 aliphatic heterocycles. The molecule has 2 N–H and O–H groups in total. The number of aromatic nitrogens is 5. The van der Waals surface area contributed by atoms with Gasteiger partial charge in [0.05, 0.1) is 17.8 Å². The molecule has 6 nitrogen and oxygen atoms in total. The van der Waals surface area contributed by atoms with E-state index in [9.17, 15) is 0 Å². The predicted octanol–water partition coefficient (Wildman–Crippen LogP) is 1.78. The minimum atomic E-state index is 0.332. The summed E-state index contributed by atoms with van der Waals surface area (Å²) in [7, 11) is 0. The van der Waals surface area contributed by atoms with E-state index in [1.54, 1.807) is 0 Å². The molecule has 1 aromatic carbocycles. The molecule has 1 aliphatic rings. The van der Waals surface area contributed by atoms with Crippen LogP contribution in [-0.2, 0) is 11.2 Å². The maximum Gasteiger partial charge on any atom is 0.156 e. The van der Waals surface area contributed by atoms with Gasteiger partial charge in [0.15, 0.2) is 5.82 Å². The third-order valence-corrected chi connectivity index (χ3v) is 3.73. The van der Waals surface area contributed by atoms with Gasteiger partial charge in [-0.2, -0.15) is 10.2 Å². The fourth-order valence-electron chi connectivity index (χ4n) is 2.63. The zero-order valence-electron chi connectivity index (χ0n) is 11.0. The van der Waals surface area contributed by atoms with E-state index in [1.165, 1.54) is 0 Å². The van der Waals surface area contributed by atoms with Crippen LogP contribution in [0.4, 0.5) is 0 Å². The van der Waals surface area contributed by atoms with E-state index in [1.807, 2.05) is 18.2 Å². The fraction of sp³-hybridized carbons (Fsp3) is 0.357. The van der Waals surface area contributed by atoms with Gasteiger partial charge < -0.3 is 4.74 Å². The first-order valence-corrected chi connectivity index (χ1v) is 6.81. The topological polar surface area (TPSA) is 79.5 Å². The van der Waals surface area contributed by atoms with Crippen molar-refractivity contribution in [3.05, 3.63) is 41.6 Å². The summed E-state index contributed by atoms with van der Waals surface area (Å²) in [6, 6.07) is 8.07. The standard InChI is InChI=1S/C14H15N5O/c1-2-4-11-10(3-1)12(17-16-11)7-13-15-14(19-18-13)9-5-6-20-8-9/h1-4,9H,5-8H2,(H,16,17)(H,15,18,19)/t9-/m0/s1. The number of hydrogen-bond donors (Lipinski definition) is 2. The summed E-state index contributed by atoms with van der Waals surface area (Å²) in [5.74, 6) is 2.06. The van der Waals surface area contributed by atoms with Crippen LogP contribution in [0.15, 0.2) is 24.3 Å². The van der Waals surface area contributed by atoms with Crippen molar-refractivity contribution < 1.29 is 4.74 Å². The monoisotopic (exact) mass is 269 g/mol. The van der Waals surface area contributed by atoms with E-state index in [0.717, 1.165) is 47.9 Å². The first-order valence-electron chi connectivity index (χ1n) is 6.81. The van der Waals surface area contributed by atoms with Gasteiger partial charge in [0, 0.05) is 24.3 Å². The van der Waals surface area contributed by atoms with Crippen molar-refractivity contribution in [2.45, 2.75) is 18.8 Å². The van der Waals surface area contributed by atoms with Crippen molar-refractivity contribution in [1.29, 1.82) is 0 Å². The highest BCUT2D eigenvalue weighted by molar-refractivity contribution is 5.81. The van der Waals surface area contributed by atoms with Crippen molar-refractivity contribution in [2.24, 2.45) is 0 Å². The molecule has 2 aromatic heterocycles. The number of benzene rings is 1. The highest BCUT2D eigenvalue weighted by Crippen LogP contribution is 2.22. The largest absolute Gasteiger partial charge is 0.381 e. The predicted molar refractivity (Wildman–Crippen MR) is 73.5 cm³/mol. The second kappa shape index (κ2) is 4.72. The number of para-hydroxylation sites is 1. The van der Waals surface area contributed by atoms with Crippen molar-refractivity contribution in [1.82, 2.24) is 25.4 Å². The third kappa shape index (κ3) is 1.98. The molecule has 4 rings (SSSR count). The van der Waals surface area contributed by atoms with Crippen LogP contribution in [-0.4, -0.2) is 38.6 Å². The minimum Gasteiger partial charge on any atom is -0.381 e. The molecular weight excluding hydrogens is 254 g/mol. The lowest BCUT2D eigenvalue weighted by atomic mass is 10.1. The zero-order valence-corrected chi connectivity index (χ0v) is 11.0. The number of fused-ring (bicyclic) bond motifs is 1. The summed E-state index contributed by atoms with van der Waals surface area (Å²) < 4.78 is 5.37. The summed E-state index contributed by atoms with van der Waals surface area (Å²) >= 11 is 0. The van der Waals surface area contributed by atoms with E-state index in [2.05, 4.69) is 31.4 Å². The van der Waals surface area contributed by atoms with Gasteiger partial charge in [-0.25, -0.2) is 4.98 Å². The SMILES string of the molecule is c1ccc2c(Cc3nc([C@H]4CCOC4)n[nH]3)[nH]nc2c1. The van der Waals surface area contributed by atoms with Crippen LogP contribution in [0.5, 0.6) is 0 Å². The molecule has 3 aromatic rings. The number of ether oxygens (including phenoxy) is 1. The van der Waals surface area contributed by atoms with Crippen molar-refractivity contribution in [3.8, 4) is 0 Å². The Bertz CT molecular complexity index is 726.